The van der Waals surface area contributed by atoms with E-state index in [1.54, 1.807) is 29.9 Å². The van der Waals surface area contributed by atoms with Gasteiger partial charge in [0.2, 0.25) is 10.0 Å². The minimum Gasteiger partial charge on any atom is -0.322 e. The van der Waals surface area contributed by atoms with E-state index in [4.69, 9.17) is 0 Å². The van der Waals surface area contributed by atoms with E-state index in [0.29, 0.717) is 28.0 Å². The SMILES string of the molecule is Cc1cc(C(=O)Nc2ccc(S(=O)(=O)N(C)C)cc2)c2c(C)nn(C)c2n1. The maximum absolute atomic E-state index is 12.8. The van der Waals surface area contributed by atoms with Crippen molar-refractivity contribution in [3.63, 3.8) is 0 Å². The van der Waals surface area contributed by atoms with E-state index >= 15 is 0 Å². The Morgan fingerprint density at radius 1 is 1.15 bits per heavy atom. The van der Waals surface area contributed by atoms with Crippen LogP contribution in [-0.2, 0) is 17.1 Å². The van der Waals surface area contributed by atoms with E-state index in [0.717, 1.165) is 10.00 Å². The molecule has 0 aliphatic rings. The van der Waals surface area contributed by atoms with Crippen LogP contribution in [0.3, 0.4) is 0 Å². The fraction of sp³-hybridized carbons (Fsp3) is 0.278. The highest BCUT2D eigenvalue weighted by Crippen LogP contribution is 2.23. The summed E-state index contributed by atoms with van der Waals surface area (Å²) in [4.78, 5) is 17.4. The van der Waals surface area contributed by atoms with Crippen LogP contribution in [0.25, 0.3) is 11.0 Å². The first-order valence-electron chi connectivity index (χ1n) is 8.26. The molecule has 142 valence electrons. The Labute approximate surface area is 157 Å². The first-order chi connectivity index (χ1) is 12.6. The van der Waals surface area contributed by atoms with Gasteiger partial charge in [-0.3, -0.25) is 9.48 Å². The molecule has 0 spiro atoms. The third-order valence-electron chi connectivity index (χ3n) is 4.23. The molecule has 9 heteroatoms. The van der Waals surface area contributed by atoms with E-state index in [9.17, 15) is 13.2 Å². The predicted octanol–water partition coefficient (Wildman–Crippen LogP) is 2.09. The summed E-state index contributed by atoms with van der Waals surface area (Å²) in [5, 5.41) is 7.85. The Balaban J connectivity index is 1.94. The molecule has 1 aromatic carbocycles. The number of amides is 1. The summed E-state index contributed by atoms with van der Waals surface area (Å²) in [7, 11) is 1.22. The average Bonchev–Trinajstić information content (AvgIpc) is 2.88. The number of pyridine rings is 1. The first-order valence-corrected chi connectivity index (χ1v) is 9.70. The van der Waals surface area contributed by atoms with Crippen LogP contribution < -0.4 is 5.32 Å². The topological polar surface area (TPSA) is 97.2 Å². The van der Waals surface area contributed by atoms with Crippen LogP contribution in [0.15, 0.2) is 35.2 Å². The molecule has 1 N–H and O–H groups in total. The molecule has 1 amide bonds. The van der Waals surface area contributed by atoms with E-state index in [-0.39, 0.29) is 10.8 Å². The number of benzene rings is 1. The summed E-state index contributed by atoms with van der Waals surface area (Å²) in [6.07, 6.45) is 0. The molecule has 0 radical (unpaired) electrons. The lowest BCUT2D eigenvalue weighted by molar-refractivity contribution is 0.102. The van der Waals surface area contributed by atoms with Gasteiger partial charge in [0, 0.05) is 32.5 Å². The van der Waals surface area contributed by atoms with Gasteiger partial charge in [0.05, 0.1) is 21.5 Å². The van der Waals surface area contributed by atoms with Crippen molar-refractivity contribution < 1.29 is 13.2 Å². The molecule has 0 saturated carbocycles. The number of anilines is 1. The van der Waals surface area contributed by atoms with Gasteiger partial charge >= 0.3 is 0 Å². The van der Waals surface area contributed by atoms with Crippen molar-refractivity contribution in [1.29, 1.82) is 0 Å². The summed E-state index contributed by atoms with van der Waals surface area (Å²) in [5.74, 6) is -0.301. The van der Waals surface area contributed by atoms with Gasteiger partial charge in [0.15, 0.2) is 5.65 Å². The number of fused-ring (bicyclic) bond motifs is 1. The van der Waals surface area contributed by atoms with Crippen LogP contribution in [0.5, 0.6) is 0 Å². The second kappa shape index (κ2) is 6.75. The monoisotopic (exact) mass is 387 g/mol. The van der Waals surface area contributed by atoms with Crippen molar-refractivity contribution in [2.45, 2.75) is 18.7 Å². The lowest BCUT2D eigenvalue weighted by atomic mass is 10.1. The summed E-state index contributed by atoms with van der Waals surface area (Å²) < 4.78 is 27.1. The third kappa shape index (κ3) is 3.43. The Morgan fingerprint density at radius 2 is 1.78 bits per heavy atom. The smallest absolute Gasteiger partial charge is 0.256 e. The second-order valence-electron chi connectivity index (χ2n) is 6.48. The zero-order chi connectivity index (χ0) is 19.9. The molecular weight excluding hydrogens is 366 g/mol. The average molecular weight is 387 g/mol. The molecule has 0 fully saturated rings. The highest BCUT2D eigenvalue weighted by molar-refractivity contribution is 7.89. The molecule has 0 unspecified atom stereocenters. The molecule has 3 rings (SSSR count). The van der Waals surface area contributed by atoms with Gasteiger partial charge in [-0.1, -0.05) is 0 Å². The van der Waals surface area contributed by atoms with E-state index in [1.807, 2.05) is 13.8 Å². The van der Waals surface area contributed by atoms with Gasteiger partial charge in [-0.05, 0) is 44.2 Å². The quantitative estimate of drug-likeness (QED) is 0.739. The van der Waals surface area contributed by atoms with Crippen molar-refractivity contribution >= 4 is 32.7 Å². The molecule has 0 aliphatic carbocycles. The van der Waals surface area contributed by atoms with Crippen LogP contribution in [0.1, 0.15) is 21.7 Å². The highest BCUT2D eigenvalue weighted by atomic mass is 32.2. The van der Waals surface area contributed by atoms with Gasteiger partial charge in [0.1, 0.15) is 0 Å². The Morgan fingerprint density at radius 3 is 2.37 bits per heavy atom. The number of carbonyl (C=O) groups excluding carboxylic acids is 1. The minimum absolute atomic E-state index is 0.163. The zero-order valence-electron chi connectivity index (χ0n) is 15.8. The Bertz CT molecular complexity index is 1130. The van der Waals surface area contributed by atoms with Crippen LogP contribution >= 0.6 is 0 Å². The van der Waals surface area contributed by atoms with Crippen molar-refractivity contribution in [2.24, 2.45) is 7.05 Å². The van der Waals surface area contributed by atoms with Crippen LogP contribution in [0, 0.1) is 13.8 Å². The number of nitrogens with one attached hydrogen (secondary N) is 1. The number of aryl methyl sites for hydroxylation is 3. The molecule has 2 heterocycles. The predicted molar refractivity (Wildman–Crippen MR) is 103 cm³/mol. The van der Waals surface area contributed by atoms with Crippen molar-refractivity contribution in [3.05, 3.63) is 47.3 Å². The molecule has 27 heavy (non-hydrogen) atoms. The van der Waals surface area contributed by atoms with Crippen molar-refractivity contribution in [2.75, 3.05) is 19.4 Å². The number of rotatable bonds is 4. The third-order valence-corrected chi connectivity index (χ3v) is 6.06. The van der Waals surface area contributed by atoms with E-state index in [1.165, 1.54) is 26.2 Å². The summed E-state index contributed by atoms with van der Waals surface area (Å²) in [6, 6.07) is 7.78. The molecule has 2 aromatic heterocycles. The summed E-state index contributed by atoms with van der Waals surface area (Å²) >= 11 is 0. The van der Waals surface area contributed by atoms with Crippen LogP contribution in [0.4, 0.5) is 5.69 Å². The summed E-state index contributed by atoms with van der Waals surface area (Å²) in [6.45, 7) is 3.65. The molecule has 0 bridgehead atoms. The number of aromatic nitrogens is 3. The lowest BCUT2D eigenvalue weighted by Crippen LogP contribution is -2.22. The maximum atomic E-state index is 12.8. The number of carbonyl (C=O) groups is 1. The van der Waals surface area contributed by atoms with Gasteiger partial charge in [0.25, 0.3) is 5.91 Å². The van der Waals surface area contributed by atoms with Crippen LogP contribution in [-0.4, -0.2) is 47.5 Å². The molecule has 3 aromatic rings. The molecule has 0 atom stereocenters. The Hall–Kier alpha value is -2.78. The number of sulfonamides is 1. The van der Waals surface area contributed by atoms with Gasteiger partial charge in [-0.25, -0.2) is 17.7 Å². The highest BCUT2D eigenvalue weighted by Gasteiger charge is 2.19. The lowest BCUT2D eigenvalue weighted by Gasteiger charge is -2.12. The number of hydrogen-bond acceptors (Lipinski definition) is 5. The molecule has 0 saturated heterocycles. The first kappa shape index (κ1) is 19.0. The second-order valence-corrected chi connectivity index (χ2v) is 8.64. The minimum atomic E-state index is -3.51. The van der Waals surface area contributed by atoms with Crippen LogP contribution in [0.2, 0.25) is 0 Å². The summed E-state index contributed by atoms with van der Waals surface area (Å²) in [5.41, 5.74) is 3.06. The van der Waals surface area contributed by atoms with E-state index in [2.05, 4.69) is 15.4 Å². The fourth-order valence-electron chi connectivity index (χ4n) is 2.87. The maximum Gasteiger partial charge on any atom is 0.256 e. The standard InChI is InChI=1S/C18H21N5O3S/c1-11-10-15(16-12(2)21-23(5)17(16)19-11)18(24)20-13-6-8-14(9-7-13)27(25,26)22(3)4/h6-10H,1-5H3,(H,20,24). The van der Waals surface area contributed by atoms with Crippen molar-refractivity contribution in [1.82, 2.24) is 19.1 Å². The number of nitrogens with zero attached hydrogens (tertiary/aromatic N) is 4. The Kier molecular flexibility index (Phi) is 4.75. The van der Waals surface area contributed by atoms with Crippen molar-refractivity contribution in [3.8, 4) is 0 Å². The molecule has 8 nitrogen and oxygen atoms in total. The zero-order valence-corrected chi connectivity index (χ0v) is 16.6. The van der Waals surface area contributed by atoms with Gasteiger partial charge in [-0.2, -0.15) is 5.10 Å². The molecular formula is C18H21N5O3S. The largest absolute Gasteiger partial charge is 0.322 e. The van der Waals surface area contributed by atoms with Gasteiger partial charge < -0.3 is 5.32 Å². The molecule has 0 aliphatic heterocycles. The normalized spacial score (nSPS) is 11.9. The fourth-order valence-corrected chi connectivity index (χ4v) is 3.77. The number of hydrogen-bond donors (Lipinski definition) is 1. The van der Waals surface area contributed by atoms with E-state index < -0.39 is 10.0 Å². The van der Waals surface area contributed by atoms with Gasteiger partial charge in [-0.15, -0.1) is 0 Å².